The van der Waals surface area contributed by atoms with Gasteiger partial charge in [-0.15, -0.1) is 0 Å². The van der Waals surface area contributed by atoms with Crippen LogP contribution in [0.2, 0.25) is 0 Å². The maximum atomic E-state index is 9.98. The predicted octanol–water partition coefficient (Wildman–Crippen LogP) is 3.36. The first kappa shape index (κ1) is 11.0. The third-order valence-corrected chi connectivity index (χ3v) is 3.66. The molecule has 0 saturated heterocycles. The standard InChI is InChI=1S/C12H24O/c1-3-10(2)11-8-6-4-5-7-9-12(11)13/h10-13H,3-9H2,1-2H3. The molecule has 1 aliphatic carbocycles. The average molecular weight is 184 g/mol. The van der Waals surface area contributed by atoms with E-state index in [0.29, 0.717) is 11.8 Å². The summed E-state index contributed by atoms with van der Waals surface area (Å²) in [6.07, 6.45) is 8.73. The Balaban J connectivity index is 2.45. The molecule has 1 nitrogen and oxygen atoms in total. The molecular weight excluding hydrogens is 160 g/mol. The zero-order valence-corrected chi connectivity index (χ0v) is 9.13. The molecule has 0 aromatic rings. The van der Waals surface area contributed by atoms with Gasteiger partial charge in [-0.1, -0.05) is 46.0 Å². The molecule has 1 saturated carbocycles. The molecule has 0 amide bonds. The third-order valence-electron chi connectivity index (χ3n) is 3.66. The van der Waals surface area contributed by atoms with Gasteiger partial charge in [-0.3, -0.25) is 0 Å². The Morgan fingerprint density at radius 2 is 1.77 bits per heavy atom. The van der Waals surface area contributed by atoms with Crippen LogP contribution in [0.25, 0.3) is 0 Å². The van der Waals surface area contributed by atoms with E-state index in [2.05, 4.69) is 13.8 Å². The summed E-state index contributed by atoms with van der Waals surface area (Å²) in [5.41, 5.74) is 0. The van der Waals surface area contributed by atoms with E-state index < -0.39 is 0 Å². The van der Waals surface area contributed by atoms with Crippen LogP contribution >= 0.6 is 0 Å². The summed E-state index contributed by atoms with van der Waals surface area (Å²) in [5, 5.41) is 9.98. The molecule has 3 atom stereocenters. The van der Waals surface area contributed by atoms with Gasteiger partial charge in [0.15, 0.2) is 0 Å². The van der Waals surface area contributed by atoms with Gasteiger partial charge in [0.25, 0.3) is 0 Å². The summed E-state index contributed by atoms with van der Waals surface area (Å²) in [6.45, 7) is 4.52. The van der Waals surface area contributed by atoms with Crippen molar-refractivity contribution in [3.05, 3.63) is 0 Å². The van der Waals surface area contributed by atoms with Crippen molar-refractivity contribution in [1.82, 2.24) is 0 Å². The largest absolute Gasteiger partial charge is 0.393 e. The SMILES string of the molecule is CCC(C)C1CCCCCCC1O. The Labute approximate surface area is 82.5 Å². The number of aliphatic hydroxyl groups is 1. The highest BCUT2D eigenvalue weighted by Gasteiger charge is 2.24. The molecule has 1 aliphatic rings. The lowest BCUT2D eigenvalue weighted by Crippen LogP contribution is -2.27. The average Bonchev–Trinajstić information content (AvgIpc) is 2.11. The molecule has 0 spiro atoms. The molecule has 1 fully saturated rings. The van der Waals surface area contributed by atoms with E-state index in [9.17, 15) is 5.11 Å². The van der Waals surface area contributed by atoms with E-state index in [1.807, 2.05) is 0 Å². The van der Waals surface area contributed by atoms with Gasteiger partial charge in [0.1, 0.15) is 0 Å². The fraction of sp³-hybridized carbons (Fsp3) is 1.00. The molecule has 3 unspecified atom stereocenters. The van der Waals surface area contributed by atoms with Crippen LogP contribution in [0, 0.1) is 11.8 Å². The zero-order valence-electron chi connectivity index (χ0n) is 9.13. The second-order valence-electron chi connectivity index (χ2n) is 4.61. The van der Waals surface area contributed by atoms with Crippen LogP contribution in [0.15, 0.2) is 0 Å². The Kier molecular flexibility index (Phi) is 4.79. The number of hydrogen-bond acceptors (Lipinski definition) is 1. The van der Waals surface area contributed by atoms with Gasteiger partial charge in [0, 0.05) is 0 Å². The second-order valence-corrected chi connectivity index (χ2v) is 4.61. The van der Waals surface area contributed by atoms with E-state index in [-0.39, 0.29) is 6.10 Å². The fourth-order valence-corrected chi connectivity index (χ4v) is 2.46. The van der Waals surface area contributed by atoms with Crippen molar-refractivity contribution in [3.8, 4) is 0 Å². The molecule has 0 aromatic carbocycles. The lowest BCUT2D eigenvalue weighted by molar-refractivity contribution is 0.0536. The van der Waals surface area contributed by atoms with Gasteiger partial charge in [-0.25, -0.2) is 0 Å². The summed E-state index contributed by atoms with van der Waals surface area (Å²) in [5.74, 6) is 1.28. The zero-order chi connectivity index (χ0) is 9.68. The van der Waals surface area contributed by atoms with Crippen LogP contribution in [0.1, 0.15) is 58.8 Å². The highest BCUT2D eigenvalue weighted by Crippen LogP contribution is 2.29. The van der Waals surface area contributed by atoms with Crippen molar-refractivity contribution in [3.63, 3.8) is 0 Å². The van der Waals surface area contributed by atoms with E-state index in [0.717, 1.165) is 6.42 Å². The molecule has 78 valence electrons. The lowest BCUT2D eigenvalue weighted by Gasteiger charge is -2.29. The van der Waals surface area contributed by atoms with Gasteiger partial charge in [-0.05, 0) is 24.7 Å². The van der Waals surface area contributed by atoms with Crippen LogP contribution in [0.5, 0.6) is 0 Å². The second kappa shape index (κ2) is 5.64. The minimum Gasteiger partial charge on any atom is -0.393 e. The molecule has 0 aromatic heterocycles. The minimum absolute atomic E-state index is 0.0183. The molecule has 1 N–H and O–H groups in total. The molecule has 13 heavy (non-hydrogen) atoms. The van der Waals surface area contributed by atoms with Crippen LogP contribution in [0.3, 0.4) is 0 Å². The van der Waals surface area contributed by atoms with E-state index in [4.69, 9.17) is 0 Å². The fourth-order valence-electron chi connectivity index (χ4n) is 2.46. The van der Waals surface area contributed by atoms with Crippen LogP contribution < -0.4 is 0 Å². The predicted molar refractivity (Wildman–Crippen MR) is 56.7 cm³/mol. The van der Waals surface area contributed by atoms with Gasteiger partial charge in [0.2, 0.25) is 0 Å². The number of rotatable bonds is 2. The third kappa shape index (κ3) is 3.30. The minimum atomic E-state index is -0.0183. The Hall–Kier alpha value is -0.0400. The monoisotopic (exact) mass is 184 g/mol. The summed E-state index contributed by atoms with van der Waals surface area (Å²) in [4.78, 5) is 0. The van der Waals surface area contributed by atoms with E-state index in [1.165, 1.54) is 38.5 Å². The molecule has 0 radical (unpaired) electrons. The summed E-state index contributed by atoms with van der Waals surface area (Å²) in [7, 11) is 0. The quantitative estimate of drug-likeness (QED) is 0.697. The Bertz CT molecular complexity index is 133. The molecule has 1 heteroatoms. The molecular formula is C12H24O. The van der Waals surface area contributed by atoms with Crippen LogP contribution in [0.4, 0.5) is 0 Å². The number of hydrogen-bond donors (Lipinski definition) is 1. The van der Waals surface area contributed by atoms with Crippen molar-refractivity contribution >= 4 is 0 Å². The summed E-state index contributed by atoms with van der Waals surface area (Å²) in [6, 6.07) is 0. The Morgan fingerprint density at radius 1 is 1.15 bits per heavy atom. The van der Waals surface area contributed by atoms with Gasteiger partial charge in [0.05, 0.1) is 6.10 Å². The number of aliphatic hydroxyl groups excluding tert-OH is 1. The molecule has 1 rings (SSSR count). The first-order chi connectivity index (χ1) is 6.25. The highest BCUT2D eigenvalue weighted by molar-refractivity contribution is 4.75. The first-order valence-electron chi connectivity index (χ1n) is 5.93. The van der Waals surface area contributed by atoms with Gasteiger partial charge in [-0.2, -0.15) is 0 Å². The highest BCUT2D eigenvalue weighted by atomic mass is 16.3. The molecule has 0 heterocycles. The lowest BCUT2D eigenvalue weighted by atomic mass is 9.80. The maximum absolute atomic E-state index is 9.98. The van der Waals surface area contributed by atoms with Crippen molar-refractivity contribution in [2.45, 2.75) is 64.9 Å². The van der Waals surface area contributed by atoms with Crippen molar-refractivity contribution in [2.75, 3.05) is 0 Å². The van der Waals surface area contributed by atoms with Crippen molar-refractivity contribution in [1.29, 1.82) is 0 Å². The van der Waals surface area contributed by atoms with Gasteiger partial charge < -0.3 is 5.11 Å². The molecule has 0 aliphatic heterocycles. The van der Waals surface area contributed by atoms with E-state index >= 15 is 0 Å². The smallest absolute Gasteiger partial charge is 0.0570 e. The topological polar surface area (TPSA) is 20.2 Å². The Morgan fingerprint density at radius 3 is 2.38 bits per heavy atom. The van der Waals surface area contributed by atoms with Crippen molar-refractivity contribution < 1.29 is 5.11 Å². The maximum Gasteiger partial charge on any atom is 0.0570 e. The van der Waals surface area contributed by atoms with Crippen molar-refractivity contribution in [2.24, 2.45) is 11.8 Å². The van der Waals surface area contributed by atoms with Crippen LogP contribution in [-0.4, -0.2) is 11.2 Å². The van der Waals surface area contributed by atoms with Crippen LogP contribution in [-0.2, 0) is 0 Å². The first-order valence-corrected chi connectivity index (χ1v) is 5.93. The normalized spacial score (nSPS) is 33.5. The summed E-state index contributed by atoms with van der Waals surface area (Å²) >= 11 is 0. The van der Waals surface area contributed by atoms with Gasteiger partial charge >= 0.3 is 0 Å². The summed E-state index contributed by atoms with van der Waals surface area (Å²) < 4.78 is 0. The molecule has 0 bridgehead atoms. The van der Waals surface area contributed by atoms with E-state index in [1.54, 1.807) is 0 Å².